The van der Waals surface area contributed by atoms with E-state index in [2.05, 4.69) is 10.2 Å². The Bertz CT molecular complexity index is 569. The van der Waals surface area contributed by atoms with E-state index in [9.17, 15) is 13.2 Å². The largest absolute Gasteiger partial charge is 0.416 e. The molecule has 1 aliphatic heterocycles. The molecule has 0 aromatic carbocycles. The van der Waals surface area contributed by atoms with E-state index in [0.29, 0.717) is 18.7 Å². The highest BCUT2D eigenvalue weighted by molar-refractivity contribution is 8.00. The third-order valence-corrected chi connectivity index (χ3v) is 5.71. The van der Waals surface area contributed by atoms with E-state index in [0.717, 1.165) is 11.8 Å². The Morgan fingerprint density at radius 3 is 2.89 bits per heavy atom. The van der Waals surface area contributed by atoms with Crippen LogP contribution in [0, 0.1) is 5.92 Å². The van der Waals surface area contributed by atoms with Crippen LogP contribution in [0.4, 0.5) is 0 Å². The molecule has 0 unspecified atom stereocenters. The number of sulfone groups is 1. The van der Waals surface area contributed by atoms with Crippen LogP contribution in [0.25, 0.3) is 0 Å². The highest BCUT2D eigenvalue weighted by atomic mass is 32.2. The van der Waals surface area contributed by atoms with Gasteiger partial charge in [-0.15, -0.1) is 10.2 Å². The van der Waals surface area contributed by atoms with Crippen molar-refractivity contribution in [1.82, 2.24) is 10.2 Å². The molecule has 19 heavy (non-hydrogen) atoms. The number of aromatic nitrogens is 2. The lowest BCUT2D eigenvalue weighted by molar-refractivity contribution is -0.117. The fraction of sp³-hybridized carbons (Fsp3) is 0.700. The minimum Gasteiger partial charge on any atom is -0.416 e. The second-order valence-corrected chi connectivity index (χ2v) is 8.12. The summed E-state index contributed by atoms with van der Waals surface area (Å²) in [5, 5.41) is 7.50. The molecule has 2 heterocycles. The van der Waals surface area contributed by atoms with Gasteiger partial charge in [0.05, 0.1) is 16.8 Å². The fourth-order valence-corrected chi connectivity index (χ4v) is 4.37. The molecule has 7 nitrogen and oxygen atoms in total. The van der Waals surface area contributed by atoms with Gasteiger partial charge in [-0.3, -0.25) is 4.79 Å². The van der Waals surface area contributed by atoms with E-state index in [-0.39, 0.29) is 22.6 Å². The summed E-state index contributed by atoms with van der Waals surface area (Å²) in [6.07, 6.45) is 1.09. The van der Waals surface area contributed by atoms with Gasteiger partial charge in [0.1, 0.15) is 0 Å². The quantitative estimate of drug-likeness (QED) is 0.762. The van der Waals surface area contributed by atoms with Crippen molar-refractivity contribution in [3.8, 4) is 0 Å². The summed E-state index contributed by atoms with van der Waals surface area (Å²) in [5.74, 6) is 0.395. The Morgan fingerprint density at radius 2 is 2.32 bits per heavy atom. The average molecular weight is 305 g/mol. The molecule has 106 valence electrons. The van der Waals surface area contributed by atoms with Crippen molar-refractivity contribution < 1.29 is 17.6 Å². The molecule has 0 bridgehead atoms. The van der Waals surface area contributed by atoms with Crippen molar-refractivity contribution in [1.29, 1.82) is 0 Å². The molecule has 0 aliphatic carbocycles. The molecule has 2 N–H and O–H groups in total. The molecule has 1 amide bonds. The number of hydrogen-bond acceptors (Lipinski definition) is 7. The lowest BCUT2D eigenvalue weighted by Crippen LogP contribution is -2.22. The van der Waals surface area contributed by atoms with E-state index in [4.69, 9.17) is 10.2 Å². The van der Waals surface area contributed by atoms with Gasteiger partial charge in [-0.05, 0) is 19.3 Å². The van der Waals surface area contributed by atoms with E-state index >= 15 is 0 Å². The van der Waals surface area contributed by atoms with Crippen molar-refractivity contribution >= 4 is 27.5 Å². The topological polar surface area (TPSA) is 116 Å². The number of carbonyl (C=O) groups is 1. The average Bonchev–Trinajstić information content (AvgIpc) is 2.86. The Balaban J connectivity index is 1.93. The van der Waals surface area contributed by atoms with Gasteiger partial charge in [-0.25, -0.2) is 8.42 Å². The number of rotatable bonds is 5. The second-order valence-electron chi connectivity index (χ2n) is 4.60. The van der Waals surface area contributed by atoms with Crippen LogP contribution in [0.5, 0.6) is 0 Å². The molecular formula is C10H15N3O4S2. The van der Waals surface area contributed by atoms with Gasteiger partial charge >= 0.3 is 0 Å². The van der Waals surface area contributed by atoms with Crippen LogP contribution < -0.4 is 5.73 Å². The van der Waals surface area contributed by atoms with Crippen molar-refractivity contribution in [3.05, 3.63) is 5.89 Å². The molecule has 1 aromatic rings. The normalized spacial score (nSPS) is 23.3. The third-order valence-electron chi connectivity index (χ3n) is 2.92. The Morgan fingerprint density at radius 1 is 1.58 bits per heavy atom. The summed E-state index contributed by atoms with van der Waals surface area (Å²) in [5.41, 5.74) is 5.14. The predicted molar refractivity (Wildman–Crippen MR) is 69.3 cm³/mol. The zero-order chi connectivity index (χ0) is 14.0. The number of amides is 1. The summed E-state index contributed by atoms with van der Waals surface area (Å²) in [6, 6.07) is 0. The van der Waals surface area contributed by atoms with Gasteiger partial charge in [0.2, 0.25) is 11.8 Å². The molecule has 2 rings (SSSR count). The molecule has 1 saturated heterocycles. The lowest BCUT2D eigenvalue weighted by atomic mass is 10.1. The molecule has 1 aliphatic rings. The summed E-state index contributed by atoms with van der Waals surface area (Å²) in [6.45, 7) is 1.65. The van der Waals surface area contributed by atoms with Gasteiger partial charge in [0.15, 0.2) is 9.84 Å². The van der Waals surface area contributed by atoms with Crippen LogP contribution in [0.2, 0.25) is 0 Å². The van der Waals surface area contributed by atoms with Crippen LogP contribution in [-0.2, 0) is 21.1 Å². The van der Waals surface area contributed by atoms with Crippen molar-refractivity contribution in [2.24, 2.45) is 11.7 Å². The Labute approximate surface area is 115 Å². The maximum atomic E-state index is 11.3. The molecule has 0 spiro atoms. The smallest absolute Gasteiger partial charge is 0.277 e. The SMILES string of the molecule is C[C@@H](Sc1nnc(C[C@@H]2CCS(=O)(=O)C2)o1)C(N)=O. The van der Waals surface area contributed by atoms with Crippen LogP contribution in [-0.4, -0.2) is 41.3 Å². The zero-order valence-electron chi connectivity index (χ0n) is 10.4. The first-order valence-electron chi connectivity index (χ1n) is 5.84. The molecule has 9 heteroatoms. The van der Waals surface area contributed by atoms with Crippen LogP contribution >= 0.6 is 11.8 Å². The summed E-state index contributed by atoms with van der Waals surface area (Å²) in [7, 11) is -2.90. The minimum absolute atomic E-state index is 0.0388. The number of nitrogens with zero attached hydrogens (tertiary/aromatic N) is 2. The predicted octanol–water partition coefficient (Wildman–Crippen LogP) is 0.0127. The highest BCUT2D eigenvalue weighted by Gasteiger charge is 2.29. The number of nitrogens with two attached hydrogens (primary N) is 1. The first kappa shape index (κ1) is 14.3. The van der Waals surface area contributed by atoms with Gasteiger partial charge in [-0.2, -0.15) is 0 Å². The van der Waals surface area contributed by atoms with E-state index in [1.165, 1.54) is 0 Å². The monoisotopic (exact) mass is 305 g/mol. The second kappa shape index (κ2) is 5.49. The van der Waals surface area contributed by atoms with E-state index in [1.807, 2.05) is 0 Å². The number of carbonyl (C=O) groups excluding carboxylic acids is 1. The van der Waals surface area contributed by atoms with E-state index < -0.39 is 21.0 Å². The lowest BCUT2D eigenvalue weighted by Gasteiger charge is -2.03. The minimum atomic E-state index is -2.90. The van der Waals surface area contributed by atoms with Crippen LogP contribution in [0.1, 0.15) is 19.2 Å². The van der Waals surface area contributed by atoms with Gasteiger partial charge in [0, 0.05) is 6.42 Å². The summed E-state index contributed by atoms with van der Waals surface area (Å²) < 4.78 is 28.0. The summed E-state index contributed by atoms with van der Waals surface area (Å²) in [4.78, 5) is 10.9. The molecule has 1 fully saturated rings. The first-order valence-corrected chi connectivity index (χ1v) is 8.54. The molecule has 2 atom stereocenters. The Kier molecular flexibility index (Phi) is 4.14. The Hall–Kier alpha value is -1.09. The van der Waals surface area contributed by atoms with E-state index in [1.54, 1.807) is 6.92 Å². The maximum Gasteiger partial charge on any atom is 0.277 e. The third kappa shape index (κ3) is 3.93. The number of hydrogen-bond donors (Lipinski definition) is 1. The number of thioether (sulfide) groups is 1. The standard InChI is InChI=1S/C10H15N3O4S2/c1-6(9(11)14)18-10-13-12-8(17-10)4-7-2-3-19(15,16)5-7/h6-7H,2-5H2,1H3,(H2,11,14)/t6-,7+/m1/s1. The van der Waals surface area contributed by atoms with Gasteiger partial charge in [-0.1, -0.05) is 11.8 Å². The van der Waals surface area contributed by atoms with Crippen molar-refractivity contribution in [3.63, 3.8) is 0 Å². The first-order chi connectivity index (χ1) is 8.85. The molecule has 1 aromatic heterocycles. The summed E-state index contributed by atoms with van der Waals surface area (Å²) >= 11 is 1.10. The van der Waals surface area contributed by atoms with Crippen LogP contribution in [0.15, 0.2) is 9.64 Å². The van der Waals surface area contributed by atoms with Gasteiger partial charge < -0.3 is 10.2 Å². The van der Waals surface area contributed by atoms with Crippen molar-refractivity contribution in [2.75, 3.05) is 11.5 Å². The fourth-order valence-electron chi connectivity index (χ4n) is 1.86. The molecule has 0 radical (unpaired) electrons. The highest BCUT2D eigenvalue weighted by Crippen LogP contribution is 2.25. The number of primary amides is 1. The van der Waals surface area contributed by atoms with Crippen LogP contribution in [0.3, 0.4) is 0 Å². The zero-order valence-corrected chi connectivity index (χ0v) is 12.0. The van der Waals surface area contributed by atoms with Crippen molar-refractivity contribution in [2.45, 2.75) is 30.2 Å². The molecular weight excluding hydrogens is 290 g/mol. The maximum absolute atomic E-state index is 11.3. The van der Waals surface area contributed by atoms with Gasteiger partial charge in [0.25, 0.3) is 5.22 Å². The molecule has 0 saturated carbocycles.